The van der Waals surface area contributed by atoms with Gasteiger partial charge in [-0.15, -0.1) is 0 Å². The first kappa shape index (κ1) is 17.7. The first-order valence-electron chi connectivity index (χ1n) is 9.47. The van der Waals surface area contributed by atoms with Gasteiger partial charge in [0.25, 0.3) is 5.91 Å². The maximum Gasteiger partial charge on any atom is 0.255 e. The Morgan fingerprint density at radius 1 is 0.960 bits per heavy atom. The van der Waals surface area contributed by atoms with E-state index in [1.54, 1.807) is 0 Å². The lowest BCUT2D eigenvalue weighted by Crippen LogP contribution is -2.24. The van der Waals surface area contributed by atoms with Crippen molar-refractivity contribution in [3.8, 4) is 0 Å². The monoisotopic (exact) mass is 336 g/mol. The van der Waals surface area contributed by atoms with E-state index in [9.17, 15) is 4.79 Å². The van der Waals surface area contributed by atoms with Crippen LogP contribution < -0.4 is 5.32 Å². The van der Waals surface area contributed by atoms with Crippen LogP contribution in [0.1, 0.15) is 54.1 Å². The van der Waals surface area contributed by atoms with Gasteiger partial charge in [0.1, 0.15) is 0 Å². The number of nitrogens with one attached hydrogen (secondary N) is 1. The molecule has 1 amide bonds. The van der Waals surface area contributed by atoms with E-state index >= 15 is 0 Å². The molecule has 132 valence electrons. The molecule has 1 saturated heterocycles. The second-order valence-corrected chi connectivity index (χ2v) is 6.85. The highest BCUT2D eigenvalue weighted by Crippen LogP contribution is 2.18. The molecule has 0 bridgehead atoms. The van der Waals surface area contributed by atoms with Gasteiger partial charge in [-0.3, -0.25) is 9.69 Å². The molecule has 0 radical (unpaired) electrons. The van der Waals surface area contributed by atoms with Crippen molar-refractivity contribution in [3.05, 3.63) is 65.2 Å². The third kappa shape index (κ3) is 4.93. The summed E-state index contributed by atoms with van der Waals surface area (Å²) >= 11 is 0. The maximum absolute atomic E-state index is 12.5. The number of likely N-dealkylation sites (tertiary alicyclic amines) is 1. The number of hydrogen-bond donors (Lipinski definition) is 1. The first-order chi connectivity index (χ1) is 12.3. The zero-order valence-electron chi connectivity index (χ0n) is 15.1. The van der Waals surface area contributed by atoms with Crippen LogP contribution in [-0.2, 0) is 13.0 Å². The molecular weight excluding hydrogens is 308 g/mol. The van der Waals surface area contributed by atoms with Crippen molar-refractivity contribution in [2.45, 2.75) is 45.6 Å². The second-order valence-electron chi connectivity index (χ2n) is 6.85. The van der Waals surface area contributed by atoms with Crippen LogP contribution in [0.15, 0.2) is 48.5 Å². The minimum absolute atomic E-state index is 0.0396. The van der Waals surface area contributed by atoms with E-state index in [-0.39, 0.29) is 5.91 Å². The van der Waals surface area contributed by atoms with Gasteiger partial charge < -0.3 is 5.32 Å². The van der Waals surface area contributed by atoms with Crippen molar-refractivity contribution < 1.29 is 4.79 Å². The number of nitrogens with zero attached hydrogens (tertiary/aromatic N) is 1. The molecule has 2 aromatic carbocycles. The summed E-state index contributed by atoms with van der Waals surface area (Å²) in [5.41, 5.74) is 4.07. The normalized spacial score (nSPS) is 15.6. The number of carbonyl (C=O) groups is 1. The quantitative estimate of drug-likeness (QED) is 0.844. The van der Waals surface area contributed by atoms with Crippen molar-refractivity contribution in [1.82, 2.24) is 4.90 Å². The van der Waals surface area contributed by atoms with E-state index in [0.717, 1.165) is 24.2 Å². The molecule has 1 fully saturated rings. The lowest BCUT2D eigenvalue weighted by molar-refractivity contribution is 0.102. The van der Waals surface area contributed by atoms with Crippen LogP contribution >= 0.6 is 0 Å². The molecule has 1 aliphatic heterocycles. The zero-order valence-corrected chi connectivity index (χ0v) is 15.1. The van der Waals surface area contributed by atoms with Crippen LogP contribution in [0.2, 0.25) is 0 Å². The Morgan fingerprint density at radius 3 is 2.32 bits per heavy atom. The fourth-order valence-electron chi connectivity index (χ4n) is 3.46. The maximum atomic E-state index is 12.5. The molecule has 0 atom stereocenters. The fraction of sp³-hybridized carbons (Fsp3) is 0.409. The summed E-state index contributed by atoms with van der Waals surface area (Å²) in [6, 6.07) is 16.0. The number of benzene rings is 2. The lowest BCUT2D eigenvalue weighted by Gasteiger charge is -2.19. The SMILES string of the molecule is CCc1ccccc1NC(=O)c1ccc(CN2CCCCCC2)cc1. The Kier molecular flexibility index (Phi) is 6.24. The van der Waals surface area contributed by atoms with Crippen molar-refractivity contribution in [3.63, 3.8) is 0 Å². The standard InChI is InChI=1S/C22H28N2O/c1-2-19-9-5-6-10-21(19)23-22(25)20-13-11-18(12-14-20)17-24-15-7-3-4-8-16-24/h5-6,9-14H,2-4,7-8,15-17H2,1H3,(H,23,25). The van der Waals surface area contributed by atoms with Gasteiger partial charge in [-0.25, -0.2) is 0 Å². The molecule has 0 unspecified atom stereocenters. The van der Waals surface area contributed by atoms with Gasteiger partial charge >= 0.3 is 0 Å². The molecule has 0 aromatic heterocycles. The van der Waals surface area contributed by atoms with Gasteiger partial charge in [0.15, 0.2) is 0 Å². The van der Waals surface area contributed by atoms with Crippen LogP contribution in [0.25, 0.3) is 0 Å². The summed E-state index contributed by atoms with van der Waals surface area (Å²) in [5, 5.41) is 3.04. The van der Waals surface area contributed by atoms with Crippen LogP contribution in [-0.4, -0.2) is 23.9 Å². The number of hydrogen-bond acceptors (Lipinski definition) is 2. The highest BCUT2D eigenvalue weighted by Gasteiger charge is 2.11. The molecule has 0 saturated carbocycles. The number of rotatable bonds is 5. The number of aryl methyl sites for hydroxylation is 1. The first-order valence-corrected chi connectivity index (χ1v) is 9.47. The molecule has 3 heteroatoms. The van der Waals surface area contributed by atoms with Crippen LogP contribution in [0.3, 0.4) is 0 Å². The van der Waals surface area contributed by atoms with Crippen molar-refractivity contribution in [2.75, 3.05) is 18.4 Å². The van der Waals surface area contributed by atoms with Crippen molar-refractivity contribution >= 4 is 11.6 Å². The summed E-state index contributed by atoms with van der Waals surface area (Å²) in [7, 11) is 0. The van der Waals surface area contributed by atoms with Crippen LogP contribution in [0, 0.1) is 0 Å². The van der Waals surface area contributed by atoms with E-state index in [1.807, 2.05) is 30.3 Å². The third-order valence-corrected chi connectivity index (χ3v) is 4.97. The Bertz CT molecular complexity index is 685. The predicted molar refractivity (Wildman–Crippen MR) is 104 cm³/mol. The van der Waals surface area contributed by atoms with Crippen molar-refractivity contribution in [1.29, 1.82) is 0 Å². The Balaban J connectivity index is 1.62. The molecule has 3 rings (SSSR count). The molecule has 25 heavy (non-hydrogen) atoms. The summed E-state index contributed by atoms with van der Waals surface area (Å²) in [6.07, 6.45) is 6.23. The fourth-order valence-corrected chi connectivity index (χ4v) is 3.46. The molecule has 2 aromatic rings. The molecule has 1 heterocycles. The van der Waals surface area contributed by atoms with Gasteiger partial charge in [0, 0.05) is 17.8 Å². The number of anilines is 1. The molecule has 0 spiro atoms. The largest absolute Gasteiger partial charge is 0.322 e. The van der Waals surface area contributed by atoms with E-state index in [4.69, 9.17) is 0 Å². The Hall–Kier alpha value is -2.13. The molecular formula is C22H28N2O. The van der Waals surface area contributed by atoms with Gasteiger partial charge in [-0.1, -0.05) is 50.1 Å². The minimum atomic E-state index is -0.0396. The van der Waals surface area contributed by atoms with Gasteiger partial charge in [-0.2, -0.15) is 0 Å². The van der Waals surface area contributed by atoms with E-state index in [0.29, 0.717) is 5.56 Å². The Labute approximate surface area is 151 Å². The summed E-state index contributed by atoms with van der Waals surface area (Å²) in [6.45, 7) is 5.47. The molecule has 1 aliphatic rings. The zero-order chi connectivity index (χ0) is 17.5. The highest BCUT2D eigenvalue weighted by atomic mass is 16.1. The minimum Gasteiger partial charge on any atom is -0.322 e. The number of para-hydroxylation sites is 1. The molecule has 3 nitrogen and oxygen atoms in total. The molecule has 0 aliphatic carbocycles. The van der Waals surface area contributed by atoms with Gasteiger partial charge in [0.2, 0.25) is 0 Å². The lowest BCUT2D eigenvalue weighted by atomic mass is 10.1. The number of carbonyl (C=O) groups excluding carboxylic acids is 1. The predicted octanol–water partition coefficient (Wildman–Crippen LogP) is 4.88. The summed E-state index contributed by atoms with van der Waals surface area (Å²) < 4.78 is 0. The average Bonchev–Trinajstić information content (AvgIpc) is 2.91. The second kappa shape index (κ2) is 8.82. The Morgan fingerprint density at radius 2 is 1.64 bits per heavy atom. The van der Waals surface area contributed by atoms with Gasteiger partial charge in [-0.05, 0) is 61.7 Å². The summed E-state index contributed by atoms with van der Waals surface area (Å²) in [5.74, 6) is -0.0396. The van der Waals surface area contributed by atoms with E-state index in [1.165, 1.54) is 44.3 Å². The van der Waals surface area contributed by atoms with Crippen LogP contribution in [0.4, 0.5) is 5.69 Å². The average molecular weight is 336 g/mol. The smallest absolute Gasteiger partial charge is 0.255 e. The highest BCUT2D eigenvalue weighted by molar-refractivity contribution is 6.04. The molecule has 1 N–H and O–H groups in total. The summed E-state index contributed by atoms with van der Waals surface area (Å²) in [4.78, 5) is 15.0. The van der Waals surface area contributed by atoms with Gasteiger partial charge in [0.05, 0.1) is 0 Å². The van der Waals surface area contributed by atoms with E-state index < -0.39 is 0 Å². The third-order valence-electron chi connectivity index (χ3n) is 4.97. The van der Waals surface area contributed by atoms with E-state index in [2.05, 4.69) is 35.3 Å². The topological polar surface area (TPSA) is 32.3 Å². The number of amides is 1. The van der Waals surface area contributed by atoms with Crippen molar-refractivity contribution in [2.24, 2.45) is 0 Å². The van der Waals surface area contributed by atoms with Crippen LogP contribution in [0.5, 0.6) is 0 Å².